The van der Waals surface area contributed by atoms with Crippen LogP contribution in [0.5, 0.6) is 0 Å². The molecule has 0 saturated carbocycles. The van der Waals surface area contributed by atoms with Gasteiger partial charge in [0.15, 0.2) is 0 Å². The fourth-order valence-corrected chi connectivity index (χ4v) is 5.12. The minimum atomic E-state index is -3.60. The van der Waals surface area contributed by atoms with Crippen molar-refractivity contribution in [3.63, 3.8) is 0 Å². The zero-order valence-electron chi connectivity index (χ0n) is 17.8. The van der Waals surface area contributed by atoms with Crippen molar-refractivity contribution in [3.8, 4) is 0 Å². The van der Waals surface area contributed by atoms with Crippen molar-refractivity contribution in [2.45, 2.75) is 45.1 Å². The van der Waals surface area contributed by atoms with Crippen LogP contribution in [0.25, 0.3) is 0 Å². The van der Waals surface area contributed by atoms with Crippen molar-refractivity contribution in [2.75, 3.05) is 25.0 Å². The minimum Gasteiger partial charge on any atom is -0.326 e. The van der Waals surface area contributed by atoms with Gasteiger partial charge in [-0.15, -0.1) is 0 Å². The number of aromatic nitrogens is 1. The maximum Gasteiger partial charge on any atom is 0.240 e. The lowest BCUT2D eigenvalue weighted by Gasteiger charge is -2.31. The molecule has 1 saturated heterocycles. The van der Waals surface area contributed by atoms with Crippen LogP contribution in [-0.4, -0.2) is 43.8 Å². The number of sulfonamides is 1. The van der Waals surface area contributed by atoms with Gasteiger partial charge >= 0.3 is 0 Å². The average Bonchev–Trinajstić information content (AvgIpc) is 2.71. The minimum absolute atomic E-state index is 0.177. The number of aryl methyl sites for hydroxylation is 2. The second kappa shape index (κ2) is 9.68. The number of nitrogens with zero attached hydrogens (tertiary/aromatic N) is 2. The van der Waals surface area contributed by atoms with Crippen LogP contribution in [0.4, 0.5) is 5.69 Å². The summed E-state index contributed by atoms with van der Waals surface area (Å²) in [6, 6.07) is 9.15. The van der Waals surface area contributed by atoms with Crippen LogP contribution in [0.3, 0.4) is 0 Å². The Morgan fingerprint density at radius 3 is 2.40 bits per heavy atom. The summed E-state index contributed by atoms with van der Waals surface area (Å²) in [7, 11) is -3.60. The zero-order chi connectivity index (χ0) is 21.7. The van der Waals surface area contributed by atoms with E-state index < -0.39 is 10.0 Å². The molecule has 1 amide bonds. The summed E-state index contributed by atoms with van der Waals surface area (Å²) in [5.74, 6) is 0.143. The molecule has 2 N–H and O–H groups in total. The van der Waals surface area contributed by atoms with Gasteiger partial charge in [0.05, 0.1) is 10.6 Å². The van der Waals surface area contributed by atoms with Crippen LogP contribution in [0.1, 0.15) is 36.6 Å². The summed E-state index contributed by atoms with van der Waals surface area (Å²) >= 11 is 0. The topological polar surface area (TPSA) is 91.4 Å². The Morgan fingerprint density at radius 2 is 1.83 bits per heavy atom. The fourth-order valence-electron chi connectivity index (χ4n) is 3.83. The summed E-state index contributed by atoms with van der Waals surface area (Å²) in [5, 5.41) is 2.76. The number of amides is 1. The molecule has 30 heavy (non-hydrogen) atoms. The van der Waals surface area contributed by atoms with Gasteiger partial charge < -0.3 is 5.32 Å². The number of pyridine rings is 1. The van der Waals surface area contributed by atoms with Gasteiger partial charge in [0.25, 0.3) is 0 Å². The van der Waals surface area contributed by atoms with E-state index in [1.165, 1.54) is 6.92 Å². The van der Waals surface area contributed by atoms with Crippen molar-refractivity contribution in [2.24, 2.45) is 5.92 Å². The van der Waals surface area contributed by atoms with E-state index in [4.69, 9.17) is 0 Å². The molecule has 1 aromatic heterocycles. The number of hydrogen-bond donors (Lipinski definition) is 2. The highest BCUT2D eigenvalue weighted by atomic mass is 32.2. The molecule has 1 aromatic carbocycles. The molecule has 0 bridgehead atoms. The Morgan fingerprint density at radius 1 is 1.17 bits per heavy atom. The van der Waals surface area contributed by atoms with Crippen molar-refractivity contribution >= 4 is 21.6 Å². The van der Waals surface area contributed by atoms with Gasteiger partial charge in [-0.1, -0.05) is 6.07 Å². The first-order valence-electron chi connectivity index (χ1n) is 10.3. The smallest absolute Gasteiger partial charge is 0.240 e. The highest BCUT2D eigenvalue weighted by molar-refractivity contribution is 7.89. The molecule has 162 valence electrons. The number of rotatable bonds is 7. The van der Waals surface area contributed by atoms with Gasteiger partial charge in [-0.3, -0.25) is 14.7 Å². The van der Waals surface area contributed by atoms with Crippen molar-refractivity contribution in [3.05, 3.63) is 53.3 Å². The Balaban J connectivity index is 1.55. The van der Waals surface area contributed by atoms with Crippen LogP contribution in [0.2, 0.25) is 0 Å². The molecule has 0 atom stereocenters. The molecule has 1 aliphatic rings. The predicted octanol–water partition coefficient (Wildman–Crippen LogP) is 2.85. The lowest BCUT2D eigenvalue weighted by molar-refractivity contribution is -0.114. The molecule has 2 heterocycles. The first-order chi connectivity index (χ1) is 14.2. The summed E-state index contributed by atoms with van der Waals surface area (Å²) in [6.45, 7) is 8.18. The number of carbonyl (C=O) groups excluding carboxylic acids is 1. The maximum absolute atomic E-state index is 12.8. The normalized spacial score (nSPS) is 15.8. The molecule has 1 fully saturated rings. The van der Waals surface area contributed by atoms with Crippen LogP contribution >= 0.6 is 0 Å². The summed E-state index contributed by atoms with van der Waals surface area (Å²) in [5.41, 5.74) is 3.19. The number of hydrogen-bond acceptors (Lipinski definition) is 5. The predicted molar refractivity (Wildman–Crippen MR) is 118 cm³/mol. The highest BCUT2D eigenvalue weighted by Gasteiger charge is 2.23. The molecular weight excluding hydrogens is 400 g/mol. The van der Waals surface area contributed by atoms with E-state index in [9.17, 15) is 13.2 Å². The highest BCUT2D eigenvalue weighted by Crippen LogP contribution is 2.25. The molecule has 3 rings (SSSR count). The number of carbonyl (C=O) groups is 1. The summed E-state index contributed by atoms with van der Waals surface area (Å²) in [6.07, 6.45) is 3.72. The molecule has 2 aromatic rings. The molecule has 7 nitrogen and oxygen atoms in total. The van der Waals surface area contributed by atoms with Gasteiger partial charge in [0.2, 0.25) is 15.9 Å². The van der Waals surface area contributed by atoms with E-state index in [1.54, 1.807) is 26.0 Å². The standard InChI is InChI=1S/C22H30N4O3S/c1-16-12-21(13-17(2)22(16)25-18(3)27)30(28,29)24-14-19-7-10-26(11-8-19)15-20-6-4-5-9-23-20/h4-6,9,12-13,19,24H,7-8,10-11,14-15H2,1-3H3,(H,25,27). The monoisotopic (exact) mass is 430 g/mol. The molecule has 0 unspecified atom stereocenters. The van der Waals surface area contributed by atoms with E-state index in [0.29, 0.717) is 18.2 Å². The molecule has 0 spiro atoms. The lowest BCUT2D eigenvalue weighted by atomic mass is 9.97. The number of piperidine rings is 1. The van der Waals surface area contributed by atoms with E-state index in [2.05, 4.69) is 19.9 Å². The third-order valence-corrected chi connectivity index (χ3v) is 6.90. The van der Waals surface area contributed by atoms with Crippen molar-refractivity contribution < 1.29 is 13.2 Å². The average molecular weight is 431 g/mol. The molecular formula is C22H30N4O3S. The summed E-state index contributed by atoms with van der Waals surface area (Å²) in [4.78, 5) is 18.3. The number of benzene rings is 1. The second-order valence-corrected chi connectivity index (χ2v) is 9.77. The SMILES string of the molecule is CC(=O)Nc1c(C)cc(S(=O)(=O)NCC2CCN(Cc3ccccn3)CC2)cc1C. The van der Waals surface area contributed by atoms with Gasteiger partial charge in [-0.05, 0) is 81.1 Å². The first-order valence-corrected chi connectivity index (χ1v) is 11.7. The third kappa shape index (κ3) is 5.87. The number of nitrogens with one attached hydrogen (secondary N) is 2. The quantitative estimate of drug-likeness (QED) is 0.705. The van der Waals surface area contributed by atoms with Crippen LogP contribution in [0, 0.1) is 19.8 Å². The first kappa shape index (κ1) is 22.4. The zero-order valence-corrected chi connectivity index (χ0v) is 18.6. The van der Waals surface area contributed by atoms with Crippen molar-refractivity contribution in [1.82, 2.24) is 14.6 Å². The maximum atomic E-state index is 12.8. The molecule has 1 aliphatic heterocycles. The number of likely N-dealkylation sites (tertiary alicyclic amines) is 1. The van der Waals surface area contributed by atoms with E-state index in [-0.39, 0.29) is 10.8 Å². The molecule has 0 radical (unpaired) electrons. The molecule has 0 aliphatic carbocycles. The van der Waals surface area contributed by atoms with Crippen LogP contribution in [-0.2, 0) is 21.4 Å². The number of anilines is 1. The Bertz CT molecular complexity index is 962. The van der Waals surface area contributed by atoms with E-state index in [0.717, 1.165) is 49.3 Å². The van der Waals surface area contributed by atoms with Crippen LogP contribution in [0.15, 0.2) is 41.4 Å². The van der Waals surface area contributed by atoms with E-state index in [1.807, 2.05) is 24.4 Å². The van der Waals surface area contributed by atoms with Crippen molar-refractivity contribution in [1.29, 1.82) is 0 Å². The lowest BCUT2D eigenvalue weighted by Crippen LogP contribution is -2.38. The van der Waals surface area contributed by atoms with E-state index >= 15 is 0 Å². The fraction of sp³-hybridized carbons (Fsp3) is 0.455. The van der Waals surface area contributed by atoms with Gasteiger partial charge in [0.1, 0.15) is 0 Å². The van der Waals surface area contributed by atoms with Gasteiger partial charge in [0, 0.05) is 31.9 Å². The Hall–Kier alpha value is -2.29. The van der Waals surface area contributed by atoms with Crippen LogP contribution < -0.4 is 10.0 Å². The largest absolute Gasteiger partial charge is 0.326 e. The van der Waals surface area contributed by atoms with Gasteiger partial charge in [-0.2, -0.15) is 0 Å². The Kier molecular flexibility index (Phi) is 7.23. The Labute approximate surface area is 178 Å². The second-order valence-electron chi connectivity index (χ2n) is 8.01. The third-order valence-electron chi connectivity index (χ3n) is 5.50. The molecule has 8 heteroatoms. The van der Waals surface area contributed by atoms with Gasteiger partial charge in [-0.25, -0.2) is 13.1 Å². The summed E-state index contributed by atoms with van der Waals surface area (Å²) < 4.78 is 28.4.